The molecule has 1 aromatic heterocycles. The Balaban J connectivity index is 1.19. The average Bonchev–Trinajstić information content (AvgIpc) is 3.35. The third-order valence-corrected chi connectivity index (χ3v) is 9.15. The van der Waals surface area contributed by atoms with Crippen molar-refractivity contribution in [3.05, 3.63) is 71.9 Å². The number of nitrogens with zero attached hydrogens (tertiary/aromatic N) is 2. The van der Waals surface area contributed by atoms with Crippen LogP contribution in [0.2, 0.25) is 0 Å². The van der Waals surface area contributed by atoms with E-state index in [1.165, 1.54) is 4.31 Å². The Hall–Kier alpha value is -3.27. The molecule has 0 radical (unpaired) electrons. The van der Waals surface area contributed by atoms with E-state index in [4.69, 9.17) is 14.5 Å². The van der Waals surface area contributed by atoms with E-state index in [0.717, 1.165) is 24.0 Å². The highest BCUT2D eigenvalue weighted by Crippen LogP contribution is 2.51. The molecule has 0 spiro atoms. The van der Waals surface area contributed by atoms with Crippen LogP contribution in [0.25, 0.3) is 11.3 Å². The molecule has 1 saturated carbocycles. The van der Waals surface area contributed by atoms with Crippen LogP contribution in [0, 0.1) is 0 Å². The highest BCUT2D eigenvalue weighted by Gasteiger charge is 2.51. The smallest absolute Gasteiger partial charge is 0.243 e. The number of aliphatic hydroxyl groups is 1. The number of ketones is 1. The molecule has 186 valence electrons. The van der Waals surface area contributed by atoms with Crippen LogP contribution in [-0.4, -0.2) is 54.6 Å². The number of hydrogen-bond donors (Lipinski definition) is 1. The number of carbonyl (C=O) groups excluding carboxylic acids is 1. The van der Waals surface area contributed by atoms with Gasteiger partial charge in [-0.3, -0.25) is 9.78 Å². The Bertz CT molecular complexity index is 1430. The normalized spacial score (nSPS) is 20.4. The summed E-state index contributed by atoms with van der Waals surface area (Å²) < 4.78 is 37.9. The van der Waals surface area contributed by atoms with Crippen molar-refractivity contribution < 1.29 is 27.8 Å². The Morgan fingerprint density at radius 2 is 1.83 bits per heavy atom. The molecule has 8 nitrogen and oxygen atoms in total. The number of rotatable bonds is 7. The highest BCUT2D eigenvalue weighted by atomic mass is 32.2. The average molecular weight is 507 g/mol. The molecular weight excluding hydrogens is 480 g/mol. The summed E-state index contributed by atoms with van der Waals surface area (Å²) in [4.78, 5) is 18.2. The second-order valence-corrected chi connectivity index (χ2v) is 11.5. The summed E-state index contributed by atoms with van der Waals surface area (Å²) >= 11 is 0. The van der Waals surface area contributed by atoms with Crippen LogP contribution in [0.5, 0.6) is 11.5 Å². The number of benzene rings is 2. The van der Waals surface area contributed by atoms with Gasteiger partial charge in [0.1, 0.15) is 5.78 Å². The number of fused-ring (bicyclic) bond motifs is 1. The van der Waals surface area contributed by atoms with Crippen LogP contribution in [0.3, 0.4) is 0 Å². The van der Waals surface area contributed by atoms with E-state index in [1.54, 1.807) is 24.3 Å². The van der Waals surface area contributed by atoms with Crippen molar-refractivity contribution in [2.24, 2.45) is 0 Å². The van der Waals surface area contributed by atoms with Gasteiger partial charge in [-0.15, -0.1) is 0 Å². The first-order chi connectivity index (χ1) is 17.3. The third kappa shape index (κ3) is 4.07. The van der Waals surface area contributed by atoms with Gasteiger partial charge in [0.15, 0.2) is 11.5 Å². The highest BCUT2D eigenvalue weighted by molar-refractivity contribution is 7.89. The van der Waals surface area contributed by atoms with Gasteiger partial charge >= 0.3 is 0 Å². The van der Waals surface area contributed by atoms with Gasteiger partial charge in [0.25, 0.3) is 0 Å². The van der Waals surface area contributed by atoms with Crippen LogP contribution >= 0.6 is 0 Å². The second kappa shape index (κ2) is 8.69. The fourth-order valence-corrected chi connectivity index (χ4v) is 6.49. The summed E-state index contributed by atoms with van der Waals surface area (Å²) in [7, 11) is -3.64. The first-order valence-electron chi connectivity index (χ1n) is 12.0. The van der Waals surface area contributed by atoms with Crippen LogP contribution < -0.4 is 9.47 Å². The predicted molar refractivity (Wildman–Crippen MR) is 131 cm³/mol. The van der Waals surface area contributed by atoms with Crippen LogP contribution in [0.15, 0.2) is 65.6 Å². The summed E-state index contributed by atoms with van der Waals surface area (Å²) in [5.41, 5.74) is 2.57. The van der Waals surface area contributed by atoms with Crippen molar-refractivity contribution in [1.29, 1.82) is 0 Å². The largest absolute Gasteiger partial charge is 0.454 e. The number of Topliss-reactive ketones (excluding diaryl/α,β-unsaturated/α-hetero) is 1. The molecule has 3 aliphatic rings. The van der Waals surface area contributed by atoms with Crippen molar-refractivity contribution >= 4 is 15.8 Å². The molecule has 2 aliphatic heterocycles. The number of pyridine rings is 1. The Morgan fingerprint density at radius 3 is 2.56 bits per heavy atom. The van der Waals surface area contributed by atoms with Gasteiger partial charge in [-0.25, -0.2) is 8.42 Å². The molecule has 1 N–H and O–H groups in total. The summed E-state index contributed by atoms with van der Waals surface area (Å²) in [6.07, 6.45) is 1.65. The van der Waals surface area contributed by atoms with Crippen molar-refractivity contribution in [2.75, 3.05) is 19.9 Å². The van der Waals surface area contributed by atoms with Crippen LogP contribution in [0.1, 0.15) is 30.5 Å². The van der Waals surface area contributed by atoms with Crippen LogP contribution in [-0.2, 0) is 26.7 Å². The topological polar surface area (TPSA) is 106 Å². The summed E-state index contributed by atoms with van der Waals surface area (Å²) in [6, 6.07) is 17.8. The molecule has 2 fully saturated rings. The number of sulfonamides is 1. The first kappa shape index (κ1) is 23.1. The van der Waals surface area contributed by atoms with Gasteiger partial charge in [0.05, 0.1) is 22.1 Å². The van der Waals surface area contributed by atoms with Gasteiger partial charge in [-0.1, -0.05) is 24.3 Å². The zero-order valence-corrected chi connectivity index (χ0v) is 20.4. The molecule has 1 atom stereocenters. The molecule has 0 bridgehead atoms. The van der Waals surface area contributed by atoms with Gasteiger partial charge in [0.2, 0.25) is 16.8 Å². The lowest BCUT2D eigenvalue weighted by molar-refractivity contribution is -0.120. The van der Waals surface area contributed by atoms with Gasteiger partial charge in [0, 0.05) is 30.8 Å². The molecule has 3 heterocycles. The molecule has 9 heteroatoms. The minimum atomic E-state index is -3.64. The molecular formula is C27H26N2O6S. The monoisotopic (exact) mass is 506 g/mol. The van der Waals surface area contributed by atoms with Gasteiger partial charge in [-0.2, -0.15) is 4.31 Å². The zero-order chi connectivity index (χ0) is 24.9. The molecule has 6 rings (SSSR count). The minimum Gasteiger partial charge on any atom is -0.454 e. The lowest BCUT2D eigenvalue weighted by Gasteiger charge is -2.16. The SMILES string of the molecule is O=C(Cc1cccc(-c2ccc(S(=O)(=O)N3CCC(O)C3)cc2)n1)C1(c2ccc3c(c2)OCO3)CC1. The molecule has 1 aliphatic carbocycles. The molecule has 1 unspecified atom stereocenters. The van der Waals surface area contributed by atoms with Gasteiger partial charge < -0.3 is 14.6 Å². The Labute approximate surface area is 209 Å². The zero-order valence-electron chi connectivity index (χ0n) is 19.6. The number of aromatic nitrogens is 1. The van der Waals surface area contributed by atoms with E-state index in [9.17, 15) is 18.3 Å². The van der Waals surface area contributed by atoms with Gasteiger partial charge in [-0.05, 0) is 61.2 Å². The quantitative estimate of drug-likeness (QED) is 0.525. The maximum atomic E-state index is 13.3. The number of β-amino-alcohol motifs (C(OH)–C–C–N with tert-alkyl or cyclic N) is 1. The second-order valence-electron chi connectivity index (χ2n) is 9.59. The van der Waals surface area contributed by atoms with E-state index >= 15 is 0 Å². The maximum Gasteiger partial charge on any atom is 0.243 e. The van der Waals surface area contributed by atoms with E-state index in [0.29, 0.717) is 35.9 Å². The standard InChI is InChI=1S/C27H26N2O6S/c30-21-10-13-29(16-21)36(32,33)22-7-4-18(5-8-22)23-3-1-2-20(28-23)15-26(31)27(11-12-27)19-6-9-24-25(14-19)35-17-34-24/h1-9,14,21,30H,10-13,15-17H2. The predicted octanol–water partition coefficient (Wildman–Crippen LogP) is 3.08. The summed E-state index contributed by atoms with van der Waals surface area (Å²) in [6.45, 7) is 0.636. The van der Waals surface area contributed by atoms with Crippen molar-refractivity contribution in [2.45, 2.75) is 42.1 Å². The number of ether oxygens (including phenoxy) is 2. The fraction of sp³-hybridized carbons (Fsp3) is 0.333. The third-order valence-electron chi connectivity index (χ3n) is 7.27. The van der Waals surface area contributed by atoms with E-state index < -0.39 is 21.5 Å². The van der Waals surface area contributed by atoms with Crippen molar-refractivity contribution in [3.8, 4) is 22.8 Å². The van der Waals surface area contributed by atoms with E-state index in [2.05, 4.69) is 0 Å². The molecule has 0 amide bonds. The molecule has 1 saturated heterocycles. The lowest BCUT2D eigenvalue weighted by Crippen LogP contribution is -2.29. The van der Waals surface area contributed by atoms with Crippen molar-refractivity contribution in [3.63, 3.8) is 0 Å². The molecule has 3 aromatic rings. The summed E-state index contributed by atoms with van der Waals surface area (Å²) in [5.74, 6) is 1.51. The Morgan fingerprint density at radius 1 is 1.06 bits per heavy atom. The maximum absolute atomic E-state index is 13.3. The fourth-order valence-electron chi connectivity index (χ4n) is 5.00. The summed E-state index contributed by atoms with van der Waals surface area (Å²) in [5, 5.41) is 9.70. The Kier molecular flexibility index (Phi) is 5.59. The van der Waals surface area contributed by atoms with Crippen LogP contribution in [0.4, 0.5) is 0 Å². The van der Waals surface area contributed by atoms with E-state index in [1.807, 2.05) is 36.4 Å². The first-order valence-corrected chi connectivity index (χ1v) is 13.5. The number of hydrogen-bond acceptors (Lipinski definition) is 7. The number of aliphatic hydroxyl groups excluding tert-OH is 1. The minimum absolute atomic E-state index is 0.120. The lowest BCUT2D eigenvalue weighted by atomic mass is 9.88. The van der Waals surface area contributed by atoms with Crippen molar-refractivity contribution in [1.82, 2.24) is 9.29 Å². The molecule has 2 aromatic carbocycles. The molecule has 36 heavy (non-hydrogen) atoms. The number of carbonyl (C=O) groups is 1. The van der Waals surface area contributed by atoms with E-state index in [-0.39, 0.29) is 30.4 Å².